The maximum Gasteiger partial charge on any atom is 0.332 e. The minimum absolute atomic E-state index is 0.113. The molecule has 0 aliphatic carbocycles. The lowest BCUT2D eigenvalue weighted by Crippen LogP contribution is -2.66. The number of piperazine rings is 1. The van der Waals surface area contributed by atoms with Gasteiger partial charge in [-0.2, -0.15) is 5.01 Å². The van der Waals surface area contributed by atoms with Gasteiger partial charge in [0.25, 0.3) is 0 Å². The van der Waals surface area contributed by atoms with Crippen LogP contribution >= 0.6 is 23.2 Å². The molecule has 3 atom stereocenters. The first-order valence-electron chi connectivity index (χ1n) is 15.5. The van der Waals surface area contributed by atoms with Crippen molar-refractivity contribution in [1.29, 1.82) is 0 Å². The zero-order valence-electron chi connectivity index (χ0n) is 26.3. The Balaban J connectivity index is 1.30. The van der Waals surface area contributed by atoms with Crippen molar-refractivity contribution in [1.82, 2.24) is 25.1 Å². The van der Waals surface area contributed by atoms with Crippen molar-refractivity contribution in [2.24, 2.45) is 0 Å². The second-order valence-electron chi connectivity index (χ2n) is 11.8. The fraction of sp³-hybridized carbons (Fsp3) is 0.229. The van der Waals surface area contributed by atoms with E-state index in [1.54, 1.807) is 63.3 Å². The number of urea groups is 1. The summed E-state index contributed by atoms with van der Waals surface area (Å²) in [5.41, 5.74) is 2.81. The standard InChI is InChI=1S/C35H34Cl2N6O5S/c1-2-16-41(35(46)38-19-24-12-15-29(36)30(37)17-24)42-22-33(44)43-31(18-23-10-13-27(14-11-23)39-49(47)48)34(45)40(21-32(42)43)20-26-8-5-7-25-6-3-4-9-28(25)26/h2-15,17,31-32,39H,1,16,18-22H2,(H,38,46)(H,47,48)/p-1/t31-,32+/m0/s1. The van der Waals surface area contributed by atoms with Crippen molar-refractivity contribution in [2.45, 2.75) is 31.7 Å². The van der Waals surface area contributed by atoms with Crippen molar-refractivity contribution in [3.63, 3.8) is 0 Å². The van der Waals surface area contributed by atoms with Gasteiger partial charge < -0.3 is 24.4 Å². The fourth-order valence-corrected chi connectivity index (χ4v) is 7.05. The second-order valence-corrected chi connectivity index (χ2v) is 13.3. The van der Waals surface area contributed by atoms with Crippen LogP contribution in [-0.4, -0.2) is 78.3 Å². The third-order valence-electron chi connectivity index (χ3n) is 8.67. The molecule has 2 aliphatic heterocycles. The molecule has 0 aromatic heterocycles. The quantitative estimate of drug-likeness (QED) is 0.164. The monoisotopic (exact) mass is 719 g/mol. The Morgan fingerprint density at radius 1 is 1.00 bits per heavy atom. The molecule has 4 amide bonds. The third kappa shape index (κ3) is 7.58. The lowest BCUT2D eigenvalue weighted by Gasteiger charge is -2.46. The van der Waals surface area contributed by atoms with Gasteiger partial charge >= 0.3 is 6.03 Å². The molecular weight excluding hydrogens is 687 g/mol. The van der Waals surface area contributed by atoms with Crippen molar-refractivity contribution in [2.75, 3.05) is 24.4 Å². The predicted octanol–water partition coefficient (Wildman–Crippen LogP) is 5.09. The van der Waals surface area contributed by atoms with Crippen LogP contribution in [0.1, 0.15) is 16.7 Å². The molecule has 4 aromatic rings. The number of carbonyl (C=O) groups is 3. The number of benzene rings is 4. The number of nitrogens with zero attached hydrogens (tertiary/aromatic N) is 4. The minimum Gasteiger partial charge on any atom is -0.755 e. The zero-order valence-corrected chi connectivity index (χ0v) is 28.6. The Hall–Kier alpha value is -4.46. The molecule has 11 nitrogen and oxygen atoms in total. The van der Waals surface area contributed by atoms with Crippen LogP contribution in [0, 0.1) is 0 Å². The first kappa shape index (κ1) is 34.4. The van der Waals surface area contributed by atoms with E-state index in [0.717, 1.165) is 27.5 Å². The smallest absolute Gasteiger partial charge is 0.332 e. The molecule has 14 heteroatoms. The van der Waals surface area contributed by atoms with Crippen molar-refractivity contribution >= 4 is 68.8 Å². The molecule has 254 valence electrons. The molecule has 2 heterocycles. The number of carbonyl (C=O) groups excluding carboxylic acids is 3. The number of nitrogens with one attached hydrogen (secondary N) is 2. The van der Waals surface area contributed by atoms with Crippen LogP contribution in [0.15, 0.2) is 97.6 Å². The number of fused-ring (bicyclic) bond motifs is 2. The van der Waals surface area contributed by atoms with Crippen molar-refractivity contribution in [3.8, 4) is 0 Å². The molecule has 6 rings (SSSR count). The lowest BCUT2D eigenvalue weighted by atomic mass is 9.99. The highest BCUT2D eigenvalue weighted by Crippen LogP contribution is 2.32. The summed E-state index contributed by atoms with van der Waals surface area (Å²) in [6.45, 7) is 4.45. The third-order valence-corrected chi connectivity index (χ3v) is 9.81. The van der Waals surface area contributed by atoms with Gasteiger partial charge in [-0.1, -0.05) is 89.9 Å². The van der Waals surface area contributed by atoms with Crippen LogP contribution in [0.3, 0.4) is 0 Å². The highest BCUT2D eigenvalue weighted by Gasteiger charge is 2.52. The number of halogens is 2. The first-order valence-corrected chi connectivity index (χ1v) is 17.3. The van der Waals surface area contributed by atoms with E-state index in [0.29, 0.717) is 22.3 Å². The van der Waals surface area contributed by atoms with Gasteiger partial charge in [0.1, 0.15) is 12.2 Å². The highest BCUT2D eigenvalue weighted by molar-refractivity contribution is 7.80. The summed E-state index contributed by atoms with van der Waals surface area (Å²) >= 11 is 9.74. The number of amides is 4. The molecule has 0 bridgehead atoms. The van der Waals surface area contributed by atoms with Gasteiger partial charge in [0.05, 0.1) is 29.7 Å². The van der Waals surface area contributed by atoms with E-state index < -0.39 is 29.5 Å². The maximum atomic E-state index is 14.3. The minimum atomic E-state index is -2.48. The molecule has 2 fully saturated rings. The van der Waals surface area contributed by atoms with Crippen LogP contribution in [0.25, 0.3) is 10.8 Å². The van der Waals surface area contributed by atoms with E-state index in [9.17, 15) is 23.1 Å². The van der Waals surface area contributed by atoms with Crippen molar-refractivity contribution in [3.05, 3.63) is 124 Å². The second kappa shape index (κ2) is 15.0. The normalized spacial score (nSPS) is 18.3. The van der Waals surface area contributed by atoms with E-state index in [2.05, 4.69) is 16.6 Å². The topological polar surface area (TPSA) is 128 Å². The Morgan fingerprint density at radius 2 is 1.73 bits per heavy atom. The molecule has 4 aromatic carbocycles. The maximum absolute atomic E-state index is 14.3. The summed E-state index contributed by atoms with van der Waals surface area (Å²) in [5.74, 6) is -0.513. The summed E-state index contributed by atoms with van der Waals surface area (Å²) in [5, 5.41) is 8.88. The molecule has 2 aliphatic rings. The molecule has 0 spiro atoms. The Bertz CT molecular complexity index is 1920. The highest BCUT2D eigenvalue weighted by atomic mass is 35.5. The average Bonchev–Trinajstić information content (AvgIpc) is 3.41. The Morgan fingerprint density at radius 3 is 2.47 bits per heavy atom. The SMILES string of the molecule is C=CCN(C(=O)NCc1ccc(Cl)c(Cl)c1)N1CC(=O)N2[C@@H](Cc3ccc(NS(=O)[O-])cc3)C(=O)N(Cc3cccc4ccccc34)C[C@@H]21. The summed E-state index contributed by atoms with van der Waals surface area (Å²) < 4.78 is 24.5. The molecule has 2 N–H and O–H groups in total. The van der Waals surface area contributed by atoms with Crippen LogP contribution in [0.2, 0.25) is 10.0 Å². The van der Waals surface area contributed by atoms with E-state index in [1.165, 1.54) is 5.01 Å². The van der Waals surface area contributed by atoms with Crippen LogP contribution < -0.4 is 10.0 Å². The largest absolute Gasteiger partial charge is 0.755 e. The molecule has 0 radical (unpaired) electrons. The van der Waals surface area contributed by atoms with Gasteiger partial charge in [0.2, 0.25) is 11.8 Å². The first-order chi connectivity index (χ1) is 23.6. The van der Waals surface area contributed by atoms with E-state index in [4.69, 9.17) is 23.2 Å². The predicted molar refractivity (Wildman–Crippen MR) is 189 cm³/mol. The molecule has 49 heavy (non-hydrogen) atoms. The van der Waals surface area contributed by atoms with Crippen molar-refractivity contribution < 1.29 is 23.1 Å². The molecule has 0 saturated carbocycles. The van der Waals surface area contributed by atoms with E-state index >= 15 is 0 Å². The number of hydrazine groups is 1. The van der Waals surface area contributed by atoms with Gasteiger partial charge in [0, 0.05) is 36.5 Å². The van der Waals surface area contributed by atoms with Gasteiger partial charge in [-0.05, 0) is 51.7 Å². The summed E-state index contributed by atoms with van der Waals surface area (Å²) in [6.07, 6.45) is 1.12. The van der Waals surface area contributed by atoms with E-state index in [-0.39, 0.29) is 44.4 Å². The molecule has 2 saturated heterocycles. The number of anilines is 1. The van der Waals surface area contributed by atoms with Gasteiger partial charge in [-0.15, -0.1) is 6.58 Å². The summed E-state index contributed by atoms with van der Waals surface area (Å²) in [4.78, 5) is 45.1. The number of hydrogen-bond donors (Lipinski definition) is 2. The molecular formula is C35H33Cl2N6O5S-. The lowest BCUT2D eigenvalue weighted by molar-refractivity contribution is -0.157. The van der Waals surface area contributed by atoms with E-state index in [1.807, 2.05) is 42.5 Å². The van der Waals surface area contributed by atoms with Crippen LogP contribution in [-0.2, 0) is 40.4 Å². The van der Waals surface area contributed by atoms with Crippen LogP contribution in [0.5, 0.6) is 0 Å². The number of rotatable bonds is 11. The average molecular weight is 721 g/mol. The number of hydrogen-bond acceptors (Lipinski definition) is 6. The zero-order chi connectivity index (χ0) is 34.7. The van der Waals surface area contributed by atoms with Crippen LogP contribution in [0.4, 0.5) is 10.5 Å². The van der Waals surface area contributed by atoms with Gasteiger partial charge in [-0.3, -0.25) is 18.8 Å². The molecule has 1 unspecified atom stereocenters. The summed E-state index contributed by atoms with van der Waals surface area (Å²) in [7, 11) is 0. The Kier molecular flexibility index (Phi) is 10.5. The Labute approximate surface area is 296 Å². The van der Waals surface area contributed by atoms with Gasteiger partial charge in [-0.25, -0.2) is 4.79 Å². The van der Waals surface area contributed by atoms with Gasteiger partial charge in [0.15, 0.2) is 0 Å². The summed E-state index contributed by atoms with van der Waals surface area (Å²) in [6, 6.07) is 24.3. The fourth-order valence-electron chi connectivity index (χ4n) is 6.40.